The zero-order valence-corrected chi connectivity index (χ0v) is 9.78. The van der Waals surface area contributed by atoms with Crippen molar-refractivity contribution in [3.05, 3.63) is 36.4 Å². The van der Waals surface area contributed by atoms with Crippen molar-refractivity contribution in [3.8, 4) is 22.6 Å². The number of anilines is 1. The molecule has 3 rings (SSSR count). The lowest BCUT2D eigenvalue weighted by Crippen LogP contribution is -1.97. The number of hydrogen-bond acceptors (Lipinski definition) is 6. The van der Waals surface area contributed by atoms with Crippen LogP contribution >= 0.6 is 0 Å². The third kappa shape index (κ3) is 1.99. The molecular weight excluding hydrogens is 244 g/mol. The van der Waals surface area contributed by atoms with E-state index in [-0.39, 0.29) is 17.4 Å². The van der Waals surface area contributed by atoms with Crippen LogP contribution in [0.2, 0.25) is 0 Å². The van der Waals surface area contributed by atoms with Crippen LogP contribution in [-0.2, 0) is 0 Å². The van der Waals surface area contributed by atoms with Gasteiger partial charge in [-0.05, 0) is 35.4 Å². The number of nitrogen functional groups attached to an aromatic ring is 1. The number of benzene rings is 2. The van der Waals surface area contributed by atoms with Crippen molar-refractivity contribution in [3.63, 3.8) is 0 Å². The van der Waals surface area contributed by atoms with E-state index in [1.807, 2.05) is 6.07 Å². The second kappa shape index (κ2) is 4.09. The molecule has 0 aliphatic rings. The van der Waals surface area contributed by atoms with Gasteiger partial charge < -0.3 is 15.9 Å². The molecule has 19 heavy (non-hydrogen) atoms. The first-order valence-electron chi connectivity index (χ1n) is 5.56. The summed E-state index contributed by atoms with van der Waals surface area (Å²) in [7, 11) is 0. The van der Waals surface area contributed by atoms with Gasteiger partial charge in [0.2, 0.25) is 5.95 Å². The van der Waals surface area contributed by atoms with Crippen molar-refractivity contribution in [2.45, 2.75) is 0 Å². The van der Waals surface area contributed by atoms with Crippen LogP contribution in [0.1, 0.15) is 0 Å². The summed E-state index contributed by atoms with van der Waals surface area (Å²) in [5, 5.41) is 26.5. The number of aromatic hydroxyl groups is 2. The summed E-state index contributed by atoms with van der Waals surface area (Å²) >= 11 is 0. The molecule has 94 valence electrons. The third-order valence-electron chi connectivity index (χ3n) is 2.78. The normalized spacial score (nSPS) is 10.7. The third-order valence-corrected chi connectivity index (χ3v) is 2.78. The van der Waals surface area contributed by atoms with E-state index >= 15 is 0 Å². The molecule has 1 heterocycles. The molecule has 0 amide bonds. The van der Waals surface area contributed by atoms with Gasteiger partial charge in [-0.25, -0.2) is 4.98 Å². The smallest absolute Gasteiger partial charge is 0.240 e. The van der Waals surface area contributed by atoms with Crippen LogP contribution in [0.5, 0.6) is 11.5 Å². The number of phenols is 2. The van der Waals surface area contributed by atoms with E-state index in [2.05, 4.69) is 15.2 Å². The number of hydrogen-bond donors (Lipinski definition) is 3. The molecule has 2 aromatic carbocycles. The Kier molecular flexibility index (Phi) is 2.42. The number of nitrogens with two attached hydrogens (primary N) is 1. The van der Waals surface area contributed by atoms with Gasteiger partial charge >= 0.3 is 0 Å². The summed E-state index contributed by atoms with van der Waals surface area (Å²) in [5.41, 5.74) is 8.32. The summed E-state index contributed by atoms with van der Waals surface area (Å²) < 4.78 is 0. The SMILES string of the molecule is Nc1nnc2cc(-c3ccc(O)c(O)c3)ccc2n1. The molecule has 0 bridgehead atoms. The molecule has 0 unspecified atom stereocenters. The Morgan fingerprint density at radius 1 is 0.789 bits per heavy atom. The van der Waals surface area contributed by atoms with Crippen LogP contribution < -0.4 is 5.73 Å². The summed E-state index contributed by atoms with van der Waals surface area (Å²) in [5.74, 6) is -0.194. The van der Waals surface area contributed by atoms with Crippen LogP contribution in [0, 0.1) is 0 Å². The molecule has 6 heteroatoms. The predicted molar refractivity (Wildman–Crippen MR) is 70.5 cm³/mol. The minimum absolute atomic E-state index is 0.127. The first-order chi connectivity index (χ1) is 9.13. The van der Waals surface area contributed by atoms with Gasteiger partial charge in [-0.1, -0.05) is 12.1 Å². The number of nitrogens with zero attached hydrogens (tertiary/aromatic N) is 3. The second-order valence-electron chi connectivity index (χ2n) is 4.08. The highest BCUT2D eigenvalue weighted by molar-refractivity contribution is 5.81. The van der Waals surface area contributed by atoms with Crippen molar-refractivity contribution < 1.29 is 10.2 Å². The topological polar surface area (TPSA) is 105 Å². The fourth-order valence-corrected chi connectivity index (χ4v) is 1.83. The molecular formula is C13H10N4O2. The van der Waals surface area contributed by atoms with Crippen molar-refractivity contribution in [2.75, 3.05) is 5.73 Å². The summed E-state index contributed by atoms with van der Waals surface area (Å²) in [4.78, 5) is 4.06. The average Bonchev–Trinajstić information content (AvgIpc) is 2.41. The zero-order valence-electron chi connectivity index (χ0n) is 9.78. The standard InChI is InChI=1S/C13H10N4O2/c14-13-15-9-3-1-7(5-10(9)16-17-13)8-2-4-11(18)12(19)6-8/h1-6,18-19H,(H2,14,15,17). The molecule has 3 aromatic rings. The van der Waals surface area contributed by atoms with E-state index in [0.717, 1.165) is 11.1 Å². The van der Waals surface area contributed by atoms with Crippen LogP contribution in [-0.4, -0.2) is 25.4 Å². The van der Waals surface area contributed by atoms with Crippen molar-refractivity contribution in [1.82, 2.24) is 15.2 Å². The Labute approximate surface area is 108 Å². The maximum absolute atomic E-state index is 9.50. The Morgan fingerprint density at radius 3 is 2.32 bits per heavy atom. The molecule has 0 aliphatic heterocycles. The van der Waals surface area contributed by atoms with E-state index in [1.54, 1.807) is 18.2 Å². The highest BCUT2D eigenvalue weighted by atomic mass is 16.3. The molecule has 0 atom stereocenters. The Morgan fingerprint density at radius 2 is 1.53 bits per heavy atom. The van der Waals surface area contributed by atoms with Gasteiger partial charge in [0.1, 0.15) is 5.52 Å². The Balaban J connectivity index is 2.14. The summed E-state index contributed by atoms with van der Waals surface area (Å²) in [6.07, 6.45) is 0. The molecule has 0 saturated heterocycles. The van der Waals surface area contributed by atoms with E-state index in [0.29, 0.717) is 11.0 Å². The van der Waals surface area contributed by atoms with E-state index in [1.165, 1.54) is 12.1 Å². The van der Waals surface area contributed by atoms with Crippen molar-refractivity contribution >= 4 is 17.0 Å². The summed E-state index contributed by atoms with van der Waals surface area (Å²) in [6.45, 7) is 0. The molecule has 0 radical (unpaired) electrons. The molecule has 4 N–H and O–H groups in total. The van der Waals surface area contributed by atoms with E-state index in [9.17, 15) is 10.2 Å². The predicted octanol–water partition coefficient (Wildman–Crippen LogP) is 1.69. The minimum Gasteiger partial charge on any atom is -0.504 e. The van der Waals surface area contributed by atoms with Gasteiger partial charge in [-0.15, -0.1) is 10.2 Å². The van der Waals surface area contributed by atoms with E-state index in [4.69, 9.17) is 5.73 Å². The minimum atomic E-state index is -0.167. The molecule has 6 nitrogen and oxygen atoms in total. The number of aromatic nitrogens is 3. The highest BCUT2D eigenvalue weighted by Crippen LogP contribution is 2.31. The lowest BCUT2D eigenvalue weighted by molar-refractivity contribution is 0.404. The van der Waals surface area contributed by atoms with Crippen LogP contribution in [0.4, 0.5) is 5.95 Å². The zero-order chi connectivity index (χ0) is 13.4. The van der Waals surface area contributed by atoms with Gasteiger partial charge in [0.05, 0.1) is 5.52 Å². The molecule has 0 fully saturated rings. The lowest BCUT2D eigenvalue weighted by Gasteiger charge is -2.05. The van der Waals surface area contributed by atoms with E-state index < -0.39 is 0 Å². The fourth-order valence-electron chi connectivity index (χ4n) is 1.83. The monoisotopic (exact) mass is 254 g/mol. The van der Waals surface area contributed by atoms with Crippen LogP contribution in [0.25, 0.3) is 22.2 Å². The maximum Gasteiger partial charge on any atom is 0.240 e. The quantitative estimate of drug-likeness (QED) is 0.570. The van der Waals surface area contributed by atoms with Gasteiger partial charge in [0.15, 0.2) is 11.5 Å². The second-order valence-corrected chi connectivity index (χ2v) is 4.08. The first-order valence-corrected chi connectivity index (χ1v) is 5.56. The number of fused-ring (bicyclic) bond motifs is 1. The van der Waals surface area contributed by atoms with Gasteiger partial charge in [-0.3, -0.25) is 0 Å². The molecule has 0 aliphatic carbocycles. The van der Waals surface area contributed by atoms with Gasteiger partial charge in [0, 0.05) is 0 Å². The Bertz CT molecular complexity index is 774. The van der Waals surface area contributed by atoms with Gasteiger partial charge in [-0.2, -0.15) is 0 Å². The van der Waals surface area contributed by atoms with Crippen LogP contribution in [0.15, 0.2) is 36.4 Å². The number of rotatable bonds is 1. The fraction of sp³-hybridized carbons (Fsp3) is 0. The van der Waals surface area contributed by atoms with Crippen molar-refractivity contribution in [2.24, 2.45) is 0 Å². The number of phenolic OH excluding ortho intramolecular Hbond substituents is 2. The maximum atomic E-state index is 9.50. The Hall–Kier alpha value is -2.89. The van der Waals surface area contributed by atoms with Crippen LogP contribution in [0.3, 0.4) is 0 Å². The highest BCUT2D eigenvalue weighted by Gasteiger charge is 2.05. The first kappa shape index (κ1) is 11.2. The molecule has 0 saturated carbocycles. The van der Waals surface area contributed by atoms with Crippen molar-refractivity contribution in [1.29, 1.82) is 0 Å². The molecule has 0 spiro atoms. The lowest BCUT2D eigenvalue weighted by atomic mass is 10.0. The largest absolute Gasteiger partial charge is 0.504 e. The average molecular weight is 254 g/mol. The summed E-state index contributed by atoms with van der Waals surface area (Å²) in [6, 6.07) is 10.0. The van der Waals surface area contributed by atoms with Gasteiger partial charge in [0.25, 0.3) is 0 Å². The molecule has 1 aromatic heterocycles.